The molecule has 2 aromatic carbocycles. The number of aromatic amines is 1. The number of hydrogen-bond donors (Lipinski definition) is 1. The van der Waals surface area contributed by atoms with Crippen molar-refractivity contribution in [2.75, 3.05) is 13.2 Å². The fourth-order valence-electron chi connectivity index (χ4n) is 3.82. The zero-order chi connectivity index (χ0) is 23.3. The summed E-state index contributed by atoms with van der Waals surface area (Å²) in [6.07, 6.45) is 4.07. The van der Waals surface area contributed by atoms with Crippen LogP contribution >= 0.6 is 0 Å². The fraction of sp³-hybridized carbons (Fsp3) is 0.192. The predicted molar refractivity (Wildman–Crippen MR) is 125 cm³/mol. The number of furan rings is 1. The van der Waals surface area contributed by atoms with Crippen molar-refractivity contribution in [2.45, 2.75) is 19.0 Å². The van der Waals surface area contributed by atoms with Crippen LogP contribution in [0.15, 0.2) is 77.6 Å². The smallest absolute Gasteiger partial charge is 0.230 e. The Hall–Kier alpha value is -3.91. The molecule has 1 N–H and O–H groups in total. The lowest BCUT2D eigenvalue weighted by Gasteiger charge is -2.13. The zero-order valence-corrected chi connectivity index (χ0v) is 18.2. The molecule has 6 nitrogen and oxygen atoms in total. The predicted octanol–water partition coefficient (Wildman–Crippen LogP) is 6.22. The largest absolute Gasteiger partial charge is 0.438 e. The van der Waals surface area contributed by atoms with Crippen molar-refractivity contribution in [1.29, 1.82) is 0 Å². The first kappa shape index (κ1) is 21.9. The molecule has 1 fully saturated rings. The summed E-state index contributed by atoms with van der Waals surface area (Å²) >= 11 is 0. The maximum Gasteiger partial charge on any atom is 0.230 e. The van der Waals surface area contributed by atoms with E-state index in [0.717, 1.165) is 46.6 Å². The van der Waals surface area contributed by atoms with E-state index in [1.807, 2.05) is 36.4 Å². The molecule has 4 heterocycles. The third-order valence-corrected chi connectivity index (χ3v) is 5.52. The van der Waals surface area contributed by atoms with Crippen LogP contribution in [0.3, 0.4) is 0 Å². The fourth-order valence-corrected chi connectivity index (χ4v) is 3.82. The van der Waals surface area contributed by atoms with E-state index in [2.05, 4.69) is 20.2 Å². The zero-order valence-electron chi connectivity index (χ0n) is 18.2. The van der Waals surface area contributed by atoms with Gasteiger partial charge in [0.05, 0.1) is 29.6 Å². The molecular formula is C26H22F2N4O2. The highest BCUT2D eigenvalue weighted by Gasteiger charge is 2.18. The minimum Gasteiger partial charge on any atom is -0.438 e. The summed E-state index contributed by atoms with van der Waals surface area (Å²) in [4.78, 5) is 8.71. The molecule has 0 radical (unpaired) electrons. The first-order valence-electron chi connectivity index (χ1n) is 11.0. The molecular weight excluding hydrogens is 438 g/mol. The summed E-state index contributed by atoms with van der Waals surface area (Å²) in [5.74, 6) is 0.436. The lowest BCUT2D eigenvalue weighted by atomic mass is 10.0. The van der Waals surface area contributed by atoms with Gasteiger partial charge in [0.1, 0.15) is 24.1 Å². The second-order valence-corrected chi connectivity index (χ2v) is 7.90. The monoisotopic (exact) mass is 460 g/mol. The third kappa shape index (κ3) is 4.72. The van der Waals surface area contributed by atoms with Gasteiger partial charge in [0.15, 0.2) is 0 Å². The molecule has 1 saturated heterocycles. The molecule has 0 bridgehead atoms. The number of H-pyrrole nitrogens is 1. The second-order valence-electron chi connectivity index (χ2n) is 7.90. The van der Waals surface area contributed by atoms with E-state index in [4.69, 9.17) is 9.15 Å². The van der Waals surface area contributed by atoms with Gasteiger partial charge >= 0.3 is 0 Å². The highest BCUT2D eigenvalue weighted by molar-refractivity contribution is 5.95. The van der Waals surface area contributed by atoms with Gasteiger partial charge in [-0.3, -0.25) is 5.10 Å². The number of nitrogens with zero attached hydrogens (tertiary/aromatic N) is 3. The molecule has 1 atom stereocenters. The summed E-state index contributed by atoms with van der Waals surface area (Å²) in [5, 5.41) is 7.93. The van der Waals surface area contributed by atoms with Gasteiger partial charge in [-0.05, 0) is 43.2 Å². The van der Waals surface area contributed by atoms with Crippen LogP contribution in [0.25, 0.3) is 44.9 Å². The Labute approximate surface area is 194 Å². The van der Waals surface area contributed by atoms with Gasteiger partial charge in [0.2, 0.25) is 5.71 Å². The minimum atomic E-state index is -0.686. The Kier molecular flexibility index (Phi) is 6.40. The molecule has 5 aromatic rings. The number of halogens is 2. The maximum atomic E-state index is 13.3. The Balaban J connectivity index is 0.000000297. The number of rotatable bonds is 3. The normalized spacial score (nSPS) is 15.6. The van der Waals surface area contributed by atoms with Crippen LogP contribution in [0.4, 0.5) is 8.78 Å². The number of benzene rings is 2. The van der Waals surface area contributed by atoms with Gasteiger partial charge in [0.25, 0.3) is 0 Å². The minimum absolute atomic E-state index is 0.286. The van der Waals surface area contributed by atoms with Crippen LogP contribution in [0.2, 0.25) is 0 Å². The molecule has 3 aromatic heterocycles. The lowest BCUT2D eigenvalue weighted by Crippen LogP contribution is -2.17. The Bertz CT molecular complexity index is 1360. The third-order valence-electron chi connectivity index (χ3n) is 5.52. The van der Waals surface area contributed by atoms with Crippen LogP contribution in [-0.4, -0.2) is 39.6 Å². The average molecular weight is 460 g/mol. The summed E-state index contributed by atoms with van der Waals surface area (Å²) in [7, 11) is 0. The Morgan fingerprint density at radius 2 is 1.79 bits per heavy atom. The van der Waals surface area contributed by atoms with E-state index in [-0.39, 0.29) is 5.82 Å². The molecule has 1 aliphatic heterocycles. The molecule has 0 spiro atoms. The van der Waals surface area contributed by atoms with Crippen LogP contribution < -0.4 is 0 Å². The van der Waals surface area contributed by atoms with Crippen LogP contribution in [0, 0.1) is 5.82 Å². The quantitative estimate of drug-likeness (QED) is 0.346. The lowest BCUT2D eigenvalue weighted by molar-refractivity contribution is 0.0366. The molecule has 0 saturated carbocycles. The summed E-state index contributed by atoms with van der Waals surface area (Å²) in [6.45, 7) is 1.07. The topological polar surface area (TPSA) is 76.8 Å². The standard InChI is InChI=1S/C21H13FN4O.C5H9FO/c22-15-8-6-14(7-9-15)19-17(11-25-26-19)20-16-10-18(13-4-2-1-3-5-13)27-21(16)24-12-23-20;6-5-2-1-3-7-4-5/h1-12H,(H,25,26);5H,1-4H2. The van der Waals surface area contributed by atoms with Gasteiger partial charge < -0.3 is 9.15 Å². The summed E-state index contributed by atoms with van der Waals surface area (Å²) in [5.41, 5.74) is 4.56. The van der Waals surface area contributed by atoms with Crippen molar-refractivity contribution in [3.63, 3.8) is 0 Å². The molecule has 34 heavy (non-hydrogen) atoms. The van der Waals surface area contributed by atoms with E-state index in [0.29, 0.717) is 24.4 Å². The van der Waals surface area contributed by atoms with Crippen LogP contribution in [0.1, 0.15) is 12.8 Å². The van der Waals surface area contributed by atoms with E-state index >= 15 is 0 Å². The molecule has 6 rings (SSSR count). The molecule has 1 unspecified atom stereocenters. The SMILES string of the molecule is FC1CCCOC1.Fc1ccc(-c2[nH]ncc2-c2ncnc3oc(-c4ccccc4)cc23)cc1. The molecule has 1 aliphatic rings. The van der Waals surface area contributed by atoms with E-state index in [9.17, 15) is 8.78 Å². The summed E-state index contributed by atoms with van der Waals surface area (Å²) in [6, 6.07) is 18.0. The number of ether oxygens (including phenoxy) is 1. The van der Waals surface area contributed by atoms with Gasteiger partial charge in [0, 0.05) is 23.3 Å². The first-order valence-corrected chi connectivity index (χ1v) is 11.0. The van der Waals surface area contributed by atoms with Gasteiger partial charge in [-0.2, -0.15) is 5.10 Å². The highest BCUT2D eigenvalue weighted by Crippen LogP contribution is 2.35. The number of fused-ring (bicyclic) bond motifs is 1. The van der Waals surface area contributed by atoms with Crippen molar-refractivity contribution in [3.05, 3.63) is 79.0 Å². The van der Waals surface area contributed by atoms with E-state index in [1.54, 1.807) is 18.3 Å². The number of alkyl halides is 1. The van der Waals surface area contributed by atoms with Crippen molar-refractivity contribution >= 4 is 11.1 Å². The maximum absolute atomic E-state index is 13.3. The molecule has 0 amide bonds. The summed E-state index contributed by atoms with van der Waals surface area (Å²) < 4.78 is 36.1. The molecule has 172 valence electrons. The number of hydrogen-bond acceptors (Lipinski definition) is 5. The van der Waals surface area contributed by atoms with Crippen LogP contribution in [-0.2, 0) is 4.74 Å². The number of aromatic nitrogens is 4. The van der Waals surface area contributed by atoms with Crippen molar-refractivity contribution < 1.29 is 17.9 Å². The number of nitrogens with one attached hydrogen (secondary N) is 1. The Morgan fingerprint density at radius 3 is 2.50 bits per heavy atom. The van der Waals surface area contributed by atoms with E-state index in [1.165, 1.54) is 18.5 Å². The Morgan fingerprint density at radius 1 is 0.971 bits per heavy atom. The molecule has 8 heteroatoms. The average Bonchev–Trinajstić information content (AvgIpc) is 3.53. The van der Waals surface area contributed by atoms with Crippen molar-refractivity contribution in [1.82, 2.24) is 20.2 Å². The molecule has 0 aliphatic carbocycles. The van der Waals surface area contributed by atoms with E-state index < -0.39 is 6.17 Å². The van der Waals surface area contributed by atoms with Gasteiger partial charge in [-0.25, -0.2) is 18.7 Å². The van der Waals surface area contributed by atoms with Gasteiger partial charge in [-0.1, -0.05) is 30.3 Å². The second kappa shape index (κ2) is 9.93. The van der Waals surface area contributed by atoms with Crippen molar-refractivity contribution in [2.24, 2.45) is 0 Å². The van der Waals surface area contributed by atoms with Crippen LogP contribution in [0.5, 0.6) is 0 Å². The van der Waals surface area contributed by atoms with Crippen molar-refractivity contribution in [3.8, 4) is 33.8 Å². The van der Waals surface area contributed by atoms with Gasteiger partial charge in [-0.15, -0.1) is 0 Å². The first-order chi connectivity index (χ1) is 16.7. The highest BCUT2D eigenvalue weighted by atomic mass is 19.1.